The van der Waals surface area contributed by atoms with Crippen LogP contribution in [0.25, 0.3) is 0 Å². The van der Waals surface area contributed by atoms with Gasteiger partial charge < -0.3 is 9.16 Å². The van der Waals surface area contributed by atoms with E-state index < -0.39 is 13.9 Å². The number of hydrogen-bond donors (Lipinski definition) is 0. The molecule has 3 atom stereocenters. The smallest absolute Gasteiger partial charge is 0.185 e. The second kappa shape index (κ2) is 7.01. The van der Waals surface area contributed by atoms with Crippen molar-refractivity contribution in [3.63, 3.8) is 0 Å². The highest BCUT2D eigenvalue weighted by atomic mass is 28.4. The van der Waals surface area contributed by atoms with Gasteiger partial charge in [-0.15, -0.1) is 6.58 Å². The van der Waals surface area contributed by atoms with Crippen LogP contribution in [0.3, 0.4) is 0 Å². The van der Waals surface area contributed by atoms with Crippen molar-refractivity contribution in [3.8, 4) is 0 Å². The lowest BCUT2D eigenvalue weighted by molar-refractivity contribution is -0.171. The van der Waals surface area contributed by atoms with Crippen molar-refractivity contribution in [1.82, 2.24) is 0 Å². The minimum absolute atomic E-state index is 0.108. The zero-order valence-corrected chi connectivity index (χ0v) is 14.7. The van der Waals surface area contributed by atoms with Gasteiger partial charge >= 0.3 is 0 Å². The number of hydrogen-bond acceptors (Lipinski definition) is 3. The molecule has 0 bridgehead atoms. The van der Waals surface area contributed by atoms with Crippen molar-refractivity contribution >= 4 is 14.1 Å². The first kappa shape index (κ1) is 17.6. The zero-order valence-electron chi connectivity index (χ0n) is 13.7. The number of ketones is 1. The van der Waals surface area contributed by atoms with Crippen molar-refractivity contribution in [2.75, 3.05) is 6.61 Å². The summed E-state index contributed by atoms with van der Waals surface area (Å²) in [4.78, 5) is 12.3. The molecule has 1 rings (SSSR count). The molecule has 0 aromatic carbocycles. The van der Waals surface area contributed by atoms with E-state index in [4.69, 9.17) is 9.16 Å². The molecule has 4 heteroatoms. The van der Waals surface area contributed by atoms with Crippen LogP contribution >= 0.6 is 0 Å². The zero-order chi connectivity index (χ0) is 15.4. The molecule has 0 aromatic heterocycles. The van der Waals surface area contributed by atoms with E-state index in [-0.39, 0.29) is 11.9 Å². The van der Waals surface area contributed by atoms with Gasteiger partial charge in [0, 0.05) is 13.0 Å². The quantitative estimate of drug-likeness (QED) is 0.477. The van der Waals surface area contributed by atoms with E-state index in [1.807, 2.05) is 13.0 Å². The number of Topliss-reactive ketones (excluding diaryl/α,β-unsaturated/α-hetero) is 1. The average molecular weight is 298 g/mol. The summed E-state index contributed by atoms with van der Waals surface area (Å²) in [5.41, 5.74) is -0.665. The first-order valence-electron chi connectivity index (χ1n) is 7.73. The Kier molecular flexibility index (Phi) is 6.17. The van der Waals surface area contributed by atoms with Gasteiger partial charge in [-0.05, 0) is 51.7 Å². The van der Waals surface area contributed by atoms with Crippen molar-refractivity contribution in [2.45, 2.75) is 70.9 Å². The Hall–Kier alpha value is -0.453. The summed E-state index contributed by atoms with van der Waals surface area (Å²) in [6, 6.07) is 0. The molecule has 0 aromatic rings. The van der Waals surface area contributed by atoms with Gasteiger partial charge in [0.25, 0.3) is 0 Å². The Labute approximate surface area is 124 Å². The Morgan fingerprint density at radius 1 is 1.40 bits per heavy atom. The molecule has 0 N–H and O–H groups in total. The first-order valence-corrected chi connectivity index (χ1v) is 11.1. The van der Waals surface area contributed by atoms with Gasteiger partial charge in [0.2, 0.25) is 0 Å². The molecule has 20 heavy (non-hydrogen) atoms. The molecule has 1 aliphatic carbocycles. The topological polar surface area (TPSA) is 35.5 Å². The van der Waals surface area contributed by atoms with E-state index in [0.717, 1.165) is 19.3 Å². The molecular formula is C16H30O3Si. The van der Waals surface area contributed by atoms with Crippen LogP contribution in [0, 0.1) is 5.92 Å². The Morgan fingerprint density at radius 3 is 2.40 bits per heavy atom. The number of ether oxygens (including phenoxy) is 1. The molecule has 3 nitrogen and oxygen atoms in total. The maximum atomic E-state index is 12.3. The minimum Gasteiger partial charge on any atom is -0.403 e. The van der Waals surface area contributed by atoms with Crippen molar-refractivity contribution < 1.29 is 14.0 Å². The molecule has 0 saturated heterocycles. The minimum atomic E-state index is -1.78. The van der Waals surface area contributed by atoms with Crippen LogP contribution in [-0.4, -0.2) is 32.4 Å². The van der Waals surface area contributed by atoms with Gasteiger partial charge in [-0.25, -0.2) is 0 Å². The standard InChI is InChI=1S/C16H30O3Si/c1-7-13(3)9-10-15(18-8-2)16(12-11-14(16)17)19-20(4,5)6/h7,13,15H,1,8-12H2,2-6H3. The molecule has 3 unspecified atom stereocenters. The molecule has 1 saturated carbocycles. The highest BCUT2D eigenvalue weighted by Gasteiger charge is 2.55. The predicted octanol–water partition coefficient (Wildman–Crippen LogP) is 3.95. The fourth-order valence-electron chi connectivity index (χ4n) is 2.72. The highest BCUT2D eigenvalue weighted by molar-refractivity contribution is 6.70. The lowest BCUT2D eigenvalue weighted by Gasteiger charge is -2.48. The van der Waals surface area contributed by atoms with Crippen LogP contribution in [0.1, 0.15) is 39.5 Å². The van der Waals surface area contributed by atoms with Gasteiger partial charge in [-0.2, -0.15) is 0 Å². The van der Waals surface area contributed by atoms with E-state index in [1.165, 1.54) is 0 Å². The van der Waals surface area contributed by atoms with Crippen LogP contribution in [0.5, 0.6) is 0 Å². The van der Waals surface area contributed by atoms with Crippen LogP contribution in [0.15, 0.2) is 12.7 Å². The molecule has 0 amide bonds. The SMILES string of the molecule is C=CC(C)CCC(OCC)C1(O[Si](C)(C)C)CCC1=O. The number of allylic oxidation sites excluding steroid dienone is 1. The Bertz CT molecular complexity index is 348. The first-order chi connectivity index (χ1) is 9.25. The fourth-order valence-corrected chi connectivity index (χ4v) is 4.16. The summed E-state index contributed by atoms with van der Waals surface area (Å²) in [6.07, 6.45) is 5.13. The maximum absolute atomic E-state index is 12.3. The van der Waals surface area contributed by atoms with Gasteiger partial charge in [0.1, 0.15) is 5.60 Å². The number of carbonyl (C=O) groups excluding carboxylic acids is 1. The van der Waals surface area contributed by atoms with E-state index in [0.29, 0.717) is 18.9 Å². The van der Waals surface area contributed by atoms with Crippen LogP contribution in [0.4, 0.5) is 0 Å². The summed E-state index contributed by atoms with van der Waals surface area (Å²) in [5.74, 6) is 0.668. The summed E-state index contributed by atoms with van der Waals surface area (Å²) in [7, 11) is -1.78. The molecule has 1 fully saturated rings. The third-order valence-corrected chi connectivity index (χ3v) is 4.83. The largest absolute Gasteiger partial charge is 0.403 e. The lowest BCUT2D eigenvalue weighted by atomic mass is 9.73. The summed E-state index contributed by atoms with van der Waals surface area (Å²) < 4.78 is 12.2. The molecular weight excluding hydrogens is 268 g/mol. The van der Waals surface area contributed by atoms with Crippen LogP contribution < -0.4 is 0 Å². The Morgan fingerprint density at radius 2 is 2.05 bits per heavy atom. The van der Waals surface area contributed by atoms with Crippen molar-refractivity contribution in [2.24, 2.45) is 5.92 Å². The third kappa shape index (κ3) is 4.27. The van der Waals surface area contributed by atoms with E-state index in [9.17, 15) is 4.79 Å². The second-order valence-electron chi connectivity index (χ2n) is 6.76. The summed E-state index contributed by atoms with van der Waals surface area (Å²) in [6.45, 7) is 15.0. The molecule has 116 valence electrons. The molecule has 1 aliphatic rings. The molecule has 0 radical (unpaired) electrons. The normalized spacial score (nSPS) is 25.9. The Balaban J connectivity index is 2.83. The number of carbonyl (C=O) groups is 1. The average Bonchev–Trinajstić information content (AvgIpc) is 2.37. The maximum Gasteiger partial charge on any atom is 0.185 e. The lowest BCUT2D eigenvalue weighted by Crippen LogP contribution is -2.63. The van der Waals surface area contributed by atoms with Gasteiger partial charge in [-0.1, -0.05) is 13.0 Å². The van der Waals surface area contributed by atoms with Gasteiger partial charge in [0.15, 0.2) is 14.1 Å². The summed E-state index contributed by atoms with van der Waals surface area (Å²) >= 11 is 0. The number of rotatable bonds is 9. The van der Waals surface area contributed by atoms with Crippen LogP contribution in [-0.2, 0) is 14.0 Å². The summed E-state index contributed by atoms with van der Waals surface area (Å²) in [5, 5.41) is 0. The monoisotopic (exact) mass is 298 g/mol. The van der Waals surface area contributed by atoms with Crippen molar-refractivity contribution in [3.05, 3.63) is 12.7 Å². The fraction of sp³-hybridized carbons (Fsp3) is 0.812. The van der Waals surface area contributed by atoms with Crippen LogP contribution in [0.2, 0.25) is 19.6 Å². The van der Waals surface area contributed by atoms with E-state index in [1.54, 1.807) is 0 Å². The molecule has 0 heterocycles. The van der Waals surface area contributed by atoms with Crippen molar-refractivity contribution in [1.29, 1.82) is 0 Å². The second-order valence-corrected chi connectivity index (χ2v) is 11.2. The van der Waals surface area contributed by atoms with E-state index >= 15 is 0 Å². The molecule has 0 aliphatic heterocycles. The van der Waals surface area contributed by atoms with E-state index in [2.05, 4.69) is 33.1 Å². The van der Waals surface area contributed by atoms with Gasteiger partial charge in [-0.3, -0.25) is 4.79 Å². The third-order valence-electron chi connectivity index (χ3n) is 3.86. The molecule has 0 spiro atoms. The van der Waals surface area contributed by atoms with Gasteiger partial charge in [0.05, 0.1) is 6.10 Å². The predicted molar refractivity (Wildman–Crippen MR) is 85.4 cm³/mol. The highest BCUT2D eigenvalue weighted by Crippen LogP contribution is 2.41.